The number of rotatable bonds is 2. The minimum atomic E-state index is -0.448. The quantitative estimate of drug-likeness (QED) is 0.795. The molecule has 1 aliphatic carbocycles. The number of H-pyrrole nitrogens is 1. The van der Waals surface area contributed by atoms with Gasteiger partial charge >= 0.3 is 0 Å². The molecule has 1 fully saturated rings. The number of benzene rings is 1. The third-order valence-corrected chi connectivity index (χ3v) is 4.25. The second-order valence-electron chi connectivity index (χ2n) is 4.55. The first-order chi connectivity index (χ1) is 9.04. The predicted molar refractivity (Wildman–Crippen MR) is 80.0 cm³/mol. The Morgan fingerprint density at radius 1 is 1.37 bits per heavy atom. The van der Waals surface area contributed by atoms with E-state index in [1.54, 1.807) is 6.07 Å². The highest BCUT2D eigenvalue weighted by Crippen LogP contribution is 2.40. The van der Waals surface area contributed by atoms with Crippen LogP contribution in [0.4, 0.5) is 4.39 Å². The van der Waals surface area contributed by atoms with E-state index in [-0.39, 0.29) is 10.6 Å². The topological polar surface area (TPSA) is 45.8 Å². The lowest BCUT2D eigenvalue weighted by Gasteiger charge is -2.06. The van der Waals surface area contributed by atoms with Gasteiger partial charge in [-0.3, -0.25) is 4.79 Å². The highest BCUT2D eigenvalue weighted by Gasteiger charge is 2.29. The van der Waals surface area contributed by atoms with Gasteiger partial charge < -0.3 is 4.98 Å². The van der Waals surface area contributed by atoms with Crippen LogP contribution in [0.3, 0.4) is 0 Å². The molecule has 19 heavy (non-hydrogen) atoms. The van der Waals surface area contributed by atoms with Gasteiger partial charge in [0.15, 0.2) is 0 Å². The summed E-state index contributed by atoms with van der Waals surface area (Å²) in [4.78, 5) is 19.0. The van der Waals surface area contributed by atoms with Gasteiger partial charge in [0, 0.05) is 16.5 Å². The van der Waals surface area contributed by atoms with Gasteiger partial charge in [0.05, 0.1) is 9.26 Å². The van der Waals surface area contributed by atoms with Crippen LogP contribution < -0.4 is 5.56 Å². The Bertz CT molecular complexity index is 692. The van der Waals surface area contributed by atoms with Crippen LogP contribution in [0.15, 0.2) is 23.0 Å². The molecule has 98 valence electrons. The normalized spacial score (nSPS) is 14.7. The number of halogens is 3. The standard InChI is InChI=1S/C13H9ClFIN2O/c14-8-3-7(4-9(15)5-8)12-17-11(6-1-2-6)10(16)13(19)18-12/h3-6H,1-2H2,(H,17,18,19). The summed E-state index contributed by atoms with van der Waals surface area (Å²) in [7, 11) is 0. The average molecular weight is 391 g/mol. The third-order valence-electron chi connectivity index (χ3n) is 2.99. The van der Waals surface area contributed by atoms with Gasteiger partial charge in [-0.05, 0) is 53.6 Å². The zero-order valence-electron chi connectivity index (χ0n) is 9.71. The van der Waals surface area contributed by atoms with Crippen molar-refractivity contribution in [1.82, 2.24) is 9.97 Å². The van der Waals surface area contributed by atoms with Crippen LogP contribution in [0.2, 0.25) is 5.02 Å². The minimum absolute atomic E-state index is 0.187. The molecule has 1 aliphatic rings. The maximum atomic E-state index is 13.4. The number of hydrogen-bond donors (Lipinski definition) is 1. The van der Waals surface area contributed by atoms with E-state index in [1.165, 1.54) is 12.1 Å². The van der Waals surface area contributed by atoms with Crippen LogP contribution in [0.5, 0.6) is 0 Å². The van der Waals surface area contributed by atoms with Crippen LogP contribution in [-0.2, 0) is 0 Å². The number of nitrogens with zero attached hydrogens (tertiary/aromatic N) is 1. The van der Waals surface area contributed by atoms with Gasteiger partial charge in [-0.1, -0.05) is 11.6 Å². The summed E-state index contributed by atoms with van der Waals surface area (Å²) < 4.78 is 14.0. The molecule has 0 bridgehead atoms. The Balaban J connectivity index is 2.17. The summed E-state index contributed by atoms with van der Waals surface area (Å²) in [6.45, 7) is 0. The van der Waals surface area contributed by atoms with E-state index < -0.39 is 5.82 Å². The van der Waals surface area contributed by atoms with Crippen molar-refractivity contribution in [3.63, 3.8) is 0 Å². The van der Waals surface area contributed by atoms with Crippen molar-refractivity contribution in [2.75, 3.05) is 0 Å². The first-order valence-electron chi connectivity index (χ1n) is 5.81. The van der Waals surface area contributed by atoms with Gasteiger partial charge in [0.1, 0.15) is 11.6 Å². The average Bonchev–Trinajstić information content (AvgIpc) is 3.15. The molecule has 1 heterocycles. The molecule has 0 saturated heterocycles. The molecule has 0 atom stereocenters. The first-order valence-corrected chi connectivity index (χ1v) is 7.26. The second kappa shape index (κ2) is 4.86. The highest BCUT2D eigenvalue weighted by atomic mass is 127. The summed E-state index contributed by atoms with van der Waals surface area (Å²) in [6.07, 6.45) is 2.10. The first kappa shape index (κ1) is 13.1. The molecule has 2 aromatic rings. The van der Waals surface area contributed by atoms with Gasteiger partial charge in [-0.25, -0.2) is 9.37 Å². The SMILES string of the molecule is O=c1[nH]c(-c2cc(F)cc(Cl)c2)nc(C2CC2)c1I. The lowest BCUT2D eigenvalue weighted by atomic mass is 10.2. The van der Waals surface area contributed by atoms with E-state index in [9.17, 15) is 9.18 Å². The molecule has 0 unspecified atom stereocenters. The largest absolute Gasteiger partial charge is 0.306 e. The van der Waals surface area contributed by atoms with E-state index in [0.717, 1.165) is 18.5 Å². The molecule has 6 heteroatoms. The van der Waals surface area contributed by atoms with Crippen LogP contribution in [0.1, 0.15) is 24.5 Å². The van der Waals surface area contributed by atoms with E-state index in [0.29, 0.717) is 20.9 Å². The summed E-state index contributed by atoms with van der Waals surface area (Å²) in [6, 6.07) is 4.12. The lowest BCUT2D eigenvalue weighted by molar-refractivity contribution is 0.628. The fourth-order valence-electron chi connectivity index (χ4n) is 1.93. The van der Waals surface area contributed by atoms with Crippen molar-refractivity contribution in [2.24, 2.45) is 0 Å². The van der Waals surface area contributed by atoms with Crippen LogP contribution in [-0.4, -0.2) is 9.97 Å². The van der Waals surface area contributed by atoms with Crippen molar-refractivity contribution in [1.29, 1.82) is 0 Å². The Kier molecular flexibility index (Phi) is 3.34. The number of aromatic amines is 1. The van der Waals surface area contributed by atoms with Gasteiger partial charge in [-0.15, -0.1) is 0 Å². The highest BCUT2D eigenvalue weighted by molar-refractivity contribution is 14.1. The molecule has 3 nitrogen and oxygen atoms in total. The molecule has 1 aromatic heterocycles. The Labute approximate surface area is 127 Å². The molecule has 1 saturated carbocycles. The van der Waals surface area contributed by atoms with Gasteiger partial charge in [-0.2, -0.15) is 0 Å². The molecule has 1 N–H and O–H groups in total. The third kappa shape index (κ3) is 2.67. The molecule has 0 aliphatic heterocycles. The molecule has 3 rings (SSSR count). The smallest absolute Gasteiger partial charge is 0.264 e. The van der Waals surface area contributed by atoms with Crippen LogP contribution in [0, 0.1) is 9.39 Å². The van der Waals surface area contributed by atoms with E-state index in [2.05, 4.69) is 9.97 Å². The molecule has 0 amide bonds. The molecule has 0 spiro atoms. The Hall–Kier alpha value is -0.950. The van der Waals surface area contributed by atoms with E-state index in [1.807, 2.05) is 22.6 Å². The summed E-state index contributed by atoms with van der Waals surface area (Å²) in [5.41, 5.74) is 1.10. The summed E-state index contributed by atoms with van der Waals surface area (Å²) >= 11 is 7.83. The predicted octanol–water partition coefficient (Wildman–Crippen LogP) is 3.71. The number of nitrogens with one attached hydrogen (secondary N) is 1. The molecular weight excluding hydrogens is 382 g/mol. The van der Waals surface area contributed by atoms with Crippen molar-refractivity contribution in [2.45, 2.75) is 18.8 Å². The van der Waals surface area contributed by atoms with Crippen LogP contribution >= 0.6 is 34.2 Å². The lowest BCUT2D eigenvalue weighted by Crippen LogP contribution is -2.16. The zero-order chi connectivity index (χ0) is 13.6. The van der Waals surface area contributed by atoms with Crippen molar-refractivity contribution in [3.8, 4) is 11.4 Å². The molecule has 1 aromatic carbocycles. The summed E-state index contributed by atoms with van der Waals surface area (Å²) in [5.74, 6) is 0.280. The number of aromatic nitrogens is 2. The van der Waals surface area contributed by atoms with Crippen molar-refractivity contribution < 1.29 is 4.39 Å². The van der Waals surface area contributed by atoms with Gasteiger partial charge in [0.2, 0.25) is 0 Å². The minimum Gasteiger partial charge on any atom is -0.306 e. The Morgan fingerprint density at radius 3 is 2.74 bits per heavy atom. The van der Waals surface area contributed by atoms with Crippen molar-refractivity contribution >= 4 is 34.2 Å². The maximum absolute atomic E-state index is 13.4. The fourth-order valence-corrected chi connectivity index (χ4v) is 2.85. The van der Waals surface area contributed by atoms with Crippen molar-refractivity contribution in [3.05, 3.63) is 48.7 Å². The molecule has 0 radical (unpaired) electrons. The maximum Gasteiger partial charge on any atom is 0.264 e. The van der Waals surface area contributed by atoms with Gasteiger partial charge in [0.25, 0.3) is 5.56 Å². The number of hydrogen-bond acceptors (Lipinski definition) is 2. The Morgan fingerprint density at radius 2 is 2.11 bits per heavy atom. The zero-order valence-corrected chi connectivity index (χ0v) is 12.6. The van der Waals surface area contributed by atoms with Crippen LogP contribution in [0.25, 0.3) is 11.4 Å². The fraction of sp³-hybridized carbons (Fsp3) is 0.231. The van der Waals surface area contributed by atoms with E-state index in [4.69, 9.17) is 11.6 Å². The van der Waals surface area contributed by atoms with E-state index >= 15 is 0 Å². The summed E-state index contributed by atoms with van der Waals surface area (Å²) in [5, 5.41) is 0.282. The second-order valence-corrected chi connectivity index (χ2v) is 6.06. The monoisotopic (exact) mass is 390 g/mol. The molecular formula is C13H9ClFIN2O.